The van der Waals surface area contributed by atoms with E-state index in [1.54, 1.807) is 0 Å². The molecule has 1 N–H and O–H groups in total. The average molecular weight is 334 g/mol. The largest absolute Gasteiger partial charge is 0.573 e. The van der Waals surface area contributed by atoms with E-state index in [0.717, 1.165) is 18.3 Å². The number of pyridine rings is 1. The lowest BCUT2D eigenvalue weighted by atomic mass is 10.2. The van der Waals surface area contributed by atoms with Gasteiger partial charge in [0.2, 0.25) is 5.88 Å². The van der Waals surface area contributed by atoms with E-state index < -0.39 is 18.1 Å². The van der Waals surface area contributed by atoms with Gasteiger partial charge in [0, 0.05) is 11.1 Å². The van der Waals surface area contributed by atoms with E-state index in [4.69, 9.17) is 21.4 Å². The van der Waals surface area contributed by atoms with E-state index in [2.05, 4.69) is 9.72 Å². The molecule has 5 nitrogen and oxygen atoms in total. The van der Waals surface area contributed by atoms with E-state index in [1.165, 1.54) is 18.2 Å². The zero-order chi connectivity index (χ0) is 16.3. The van der Waals surface area contributed by atoms with Gasteiger partial charge in [0.05, 0.1) is 6.20 Å². The molecule has 0 amide bonds. The van der Waals surface area contributed by atoms with Crippen molar-refractivity contribution < 1.29 is 32.5 Å². The van der Waals surface area contributed by atoms with Gasteiger partial charge in [-0.2, -0.15) is 0 Å². The first-order valence-electron chi connectivity index (χ1n) is 5.67. The second-order valence-electron chi connectivity index (χ2n) is 3.93. The third kappa shape index (κ3) is 4.26. The molecule has 0 radical (unpaired) electrons. The molecule has 0 aliphatic carbocycles. The second-order valence-corrected chi connectivity index (χ2v) is 4.36. The van der Waals surface area contributed by atoms with Crippen molar-refractivity contribution in [2.75, 3.05) is 0 Å². The van der Waals surface area contributed by atoms with Gasteiger partial charge >= 0.3 is 12.3 Å². The summed E-state index contributed by atoms with van der Waals surface area (Å²) in [6, 6.07) is 6.01. The Morgan fingerprint density at radius 3 is 2.50 bits per heavy atom. The number of rotatable bonds is 4. The predicted octanol–water partition coefficient (Wildman–Crippen LogP) is 4.12. The van der Waals surface area contributed by atoms with Crippen LogP contribution in [-0.2, 0) is 0 Å². The topological polar surface area (TPSA) is 68.7 Å². The molecule has 116 valence electrons. The number of nitrogens with zero attached hydrogens (tertiary/aromatic N) is 1. The number of aromatic nitrogens is 1. The fourth-order valence-electron chi connectivity index (χ4n) is 1.49. The fourth-order valence-corrected chi connectivity index (χ4v) is 1.66. The number of hydrogen-bond donors (Lipinski definition) is 1. The molecule has 0 fully saturated rings. The van der Waals surface area contributed by atoms with Crippen molar-refractivity contribution in [3.8, 4) is 17.4 Å². The van der Waals surface area contributed by atoms with Crippen LogP contribution in [0.5, 0.6) is 17.4 Å². The molecule has 1 aromatic heterocycles. The van der Waals surface area contributed by atoms with Crippen LogP contribution in [-0.4, -0.2) is 22.4 Å². The summed E-state index contributed by atoms with van der Waals surface area (Å²) in [5.74, 6) is -1.93. The summed E-state index contributed by atoms with van der Waals surface area (Å²) in [4.78, 5) is 14.7. The van der Waals surface area contributed by atoms with E-state index in [1.807, 2.05) is 0 Å². The Bertz CT molecular complexity index is 689. The van der Waals surface area contributed by atoms with Gasteiger partial charge in [-0.25, -0.2) is 9.78 Å². The molecule has 0 bridgehead atoms. The van der Waals surface area contributed by atoms with E-state index >= 15 is 0 Å². The Balaban J connectivity index is 2.20. The number of aromatic carboxylic acids is 1. The summed E-state index contributed by atoms with van der Waals surface area (Å²) in [5.41, 5.74) is -0.204. The maximum Gasteiger partial charge on any atom is 0.573 e. The summed E-state index contributed by atoms with van der Waals surface area (Å²) in [6.07, 6.45) is -4.02. The van der Waals surface area contributed by atoms with Crippen molar-refractivity contribution in [2.24, 2.45) is 0 Å². The number of carboxylic acid groups (broad SMARTS) is 1. The Hall–Kier alpha value is -2.48. The maximum atomic E-state index is 12.0. The number of carbonyl (C=O) groups is 1. The minimum Gasteiger partial charge on any atom is -0.478 e. The van der Waals surface area contributed by atoms with Gasteiger partial charge in [-0.05, 0) is 24.3 Å². The van der Waals surface area contributed by atoms with Crippen molar-refractivity contribution in [2.45, 2.75) is 6.36 Å². The van der Waals surface area contributed by atoms with Crippen LogP contribution in [0.3, 0.4) is 0 Å². The molecule has 0 saturated carbocycles. The van der Waals surface area contributed by atoms with Gasteiger partial charge in [0.1, 0.15) is 17.1 Å². The first-order chi connectivity index (χ1) is 10.2. The minimum absolute atomic E-state index is 0.0473. The molecule has 9 heteroatoms. The first-order valence-corrected chi connectivity index (χ1v) is 6.05. The van der Waals surface area contributed by atoms with Gasteiger partial charge in [0.25, 0.3) is 0 Å². The van der Waals surface area contributed by atoms with Gasteiger partial charge in [-0.15, -0.1) is 13.2 Å². The van der Waals surface area contributed by atoms with Crippen LogP contribution in [0.2, 0.25) is 5.02 Å². The summed E-state index contributed by atoms with van der Waals surface area (Å²) < 4.78 is 44.9. The molecular weight excluding hydrogens is 327 g/mol. The van der Waals surface area contributed by atoms with E-state index in [-0.39, 0.29) is 22.2 Å². The lowest BCUT2D eigenvalue weighted by molar-refractivity contribution is -0.274. The van der Waals surface area contributed by atoms with E-state index in [0.29, 0.717) is 0 Å². The van der Waals surface area contributed by atoms with Crippen LogP contribution >= 0.6 is 11.6 Å². The third-order valence-corrected chi connectivity index (χ3v) is 2.56. The van der Waals surface area contributed by atoms with Gasteiger partial charge < -0.3 is 14.6 Å². The van der Waals surface area contributed by atoms with Crippen molar-refractivity contribution in [1.82, 2.24) is 4.98 Å². The molecule has 2 aromatic rings. The SMILES string of the molecule is O=C(O)c1cc(Cl)ccc1Oc1ccc(OC(F)(F)F)cn1. The molecule has 1 heterocycles. The maximum absolute atomic E-state index is 12.0. The highest BCUT2D eigenvalue weighted by Gasteiger charge is 2.31. The van der Waals surface area contributed by atoms with Gasteiger partial charge in [-0.1, -0.05) is 11.6 Å². The molecule has 0 spiro atoms. The van der Waals surface area contributed by atoms with Crippen molar-refractivity contribution in [3.63, 3.8) is 0 Å². The fraction of sp³-hybridized carbons (Fsp3) is 0.0769. The van der Waals surface area contributed by atoms with Crippen LogP contribution in [0.4, 0.5) is 13.2 Å². The number of alkyl halides is 3. The number of ether oxygens (including phenoxy) is 2. The lowest BCUT2D eigenvalue weighted by Gasteiger charge is -2.10. The summed E-state index contributed by atoms with van der Waals surface area (Å²) in [6.45, 7) is 0. The highest BCUT2D eigenvalue weighted by Crippen LogP contribution is 2.28. The Morgan fingerprint density at radius 2 is 1.95 bits per heavy atom. The molecule has 0 aliphatic rings. The Morgan fingerprint density at radius 1 is 1.23 bits per heavy atom. The number of benzene rings is 1. The van der Waals surface area contributed by atoms with Gasteiger partial charge in [-0.3, -0.25) is 0 Å². The average Bonchev–Trinajstić information content (AvgIpc) is 2.41. The first kappa shape index (κ1) is 15.9. The van der Waals surface area contributed by atoms with Crippen LogP contribution in [0.25, 0.3) is 0 Å². The number of hydrogen-bond acceptors (Lipinski definition) is 4. The zero-order valence-corrected chi connectivity index (χ0v) is 11.4. The lowest BCUT2D eigenvalue weighted by Crippen LogP contribution is -2.17. The number of halogens is 4. The quantitative estimate of drug-likeness (QED) is 0.911. The van der Waals surface area contributed by atoms with Crippen LogP contribution in [0.15, 0.2) is 36.5 Å². The third-order valence-electron chi connectivity index (χ3n) is 2.33. The minimum atomic E-state index is -4.82. The van der Waals surface area contributed by atoms with Gasteiger partial charge in [0.15, 0.2) is 0 Å². The van der Waals surface area contributed by atoms with Crippen molar-refractivity contribution >= 4 is 17.6 Å². The van der Waals surface area contributed by atoms with Crippen molar-refractivity contribution in [3.05, 3.63) is 47.1 Å². The van der Waals surface area contributed by atoms with Crippen LogP contribution < -0.4 is 9.47 Å². The monoisotopic (exact) mass is 333 g/mol. The highest BCUT2D eigenvalue weighted by molar-refractivity contribution is 6.31. The highest BCUT2D eigenvalue weighted by atomic mass is 35.5. The van der Waals surface area contributed by atoms with Crippen molar-refractivity contribution in [1.29, 1.82) is 0 Å². The number of carboxylic acids is 1. The standard InChI is InChI=1S/C13H7ClF3NO4/c14-7-1-3-10(9(5-7)12(19)20)21-11-4-2-8(6-18-11)22-13(15,16)17/h1-6H,(H,19,20). The Kier molecular flexibility index (Phi) is 4.41. The summed E-state index contributed by atoms with van der Waals surface area (Å²) in [7, 11) is 0. The molecule has 1 aromatic carbocycles. The smallest absolute Gasteiger partial charge is 0.478 e. The molecule has 0 atom stereocenters. The van der Waals surface area contributed by atoms with E-state index in [9.17, 15) is 18.0 Å². The molecule has 22 heavy (non-hydrogen) atoms. The van der Waals surface area contributed by atoms with Crippen LogP contribution in [0.1, 0.15) is 10.4 Å². The summed E-state index contributed by atoms with van der Waals surface area (Å²) in [5, 5.41) is 9.24. The molecule has 0 saturated heterocycles. The molecular formula is C13H7ClF3NO4. The molecule has 0 aliphatic heterocycles. The summed E-state index contributed by atoms with van der Waals surface area (Å²) >= 11 is 5.69. The normalized spacial score (nSPS) is 11.1. The Labute approximate surface area is 126 Å². The van der Waals surface area contributed by atoms with Crippen LogP contribution in [0, 0.1) is 0 Å². The zero-order valence-electron chi connectivity index (χ0n) is 10.6. The molecule has 0 unspecified atom stereocenters. The molecule has 2 rings (SSSR count). The second kappa shape index (κ2) is 6.10. The predicted molar refractivity (Wildman–Crippen MR) is 69.4 cm³/mol.